The summed E-state index contributed by atoms with van der Waals surface area (Å²) in [5.41, 5.74) is 10.6. The fourth-order valence-corrected chi connectivity index (χ4v) is 6.13. The minimum atomic E-state index is -0.420. The molecule has 5 rings (SSSR count). The lowest BCUT2D eigenvalue weighted by atomic mass is 9.78. The summed E-state index contributed by atoms with van der Waals surface area (Å²) < 4.78 is 5.45. The predicted octanol–water partition coefficient (Wildman–Crippen LogP) is 4.54. The van der Waals surface area contributed by atoms with E-state index in [1.807, 2.05) is 23.1 Å². The number of allylic oxidation sites excluding steroid dienone is 3. The van der Waals surface area contributed by atoms with Crippen LogP contribution in [-0.2, 0) is 16.1 Å². The molecule has 1 aromatic carbocycles. The monoisotopic (exact) mass is 480 g/mol. The van der Waals surface area contributed by atoms with E-state index < -0.39 is 5.92 Å². The maximum atomic E-state index is 13.2. The Morgan fingerprint density at radius 3 is 2.82 bits per heavy atom. The molecular formula is C25H25ClN4O2S. The molecule has 0 radical (unpaired) electrons. The van der Waals surface area contributed by atoms with Crippen LogP contribution in [-0.4, -0.2) is 37.0 Å². The Labute approximate surface area is 202 Å². The van der Waals surface area contributed by atoms with E-state index in [1.54, 1.807) is 17.4 Å². The molecule has 0 saturated carbocycles. The van der Waals surface area contributed by atoms with E-state index in [0.29, 0.717) is 28.4 Å². The van der Waals surface area contributed by atoms with Crippen molar-refractivity contribution in [2.75, 3.05) is 31.2 Å². The Morgan fingerprint density at radius 2 is 2.06 bits per heavy atom. The highest BCUT2D eigenvalue weighted by molar-refractivity contribution is 7.10. The van der Waals surface area contributed by atoms with Crippen molar-refractivity contribution in [3.63, 3.8) is 0 Å². The number of benzene rings is 1. The maximum Gasteiger partial charge on any atom is 0.161 e. The smallest absolute Gasteiger partial charge is 0.161 e. The van der Waals surface area contributed by atoms with E-state index in [0.717, 1.165) is 62.0 Å². The first-order valence-corrected chi connectivity index (χ1v) is 12.4. The first kappa shape index (κ1) is 22.2. The van der Waals surface area contributed by atoms with Gasteiger partial charge in [-0.05, 0) is 48.1 Å². The minimum absolute atomic E-state index is 0.0941. The van der Waals surface area contributed by atoms with Gasteiger partial charge in [-0.2, -0.15) is 5.26 Å². The van der Waals surface area contributed by atoms with E-state index in [4.69, 9.17) is 22.1 Å². The number of nitrogens with two attached hydrogens (primary N) is 1. The van der Waals surface area contributed by atoms with E-state index in [9.17, 15) is 10.1 Å². The number of carbonyl (C=O) groups excluding carboxylic acids is 1. The number of Topliss-reactive ketones (excluding diaryl/α,β-unsaturated/α-hetero) is 1. The second-order valence-corrected chi connectivity index (χ2v) is 9.92. The Morgan fingerprint density at radius 1 is 1.24 bits per heavy atom. The van der Waals surface area contributed by atoms with E-state index in [-0.39, 0.29) is 5.78 Å². The number of thiophene rings is 1. The molecule has 0 amide bonds. The predicted molar refractivity (Wildman–Crippen MR) is 130 cm³/mol. The molecular weight excluding hydrogens is 456 g/mol. The molecule has 2 aromatic rings. The summed E-state index contributed by atoms with van der Waals surface area (Å²) in [7, 11) is 0. The van der Waals surface area contributed by atoms with Crippen molar-refractivity contribution in [2.24, 2.45) is 5.73 Å². The van der Waals surface area contributed by atoms with Crippen LogP contribution in [0.3, 0.4) is 0 Å². The second-order valence-electron chi connectivity index (χ2n) is 8.54. The number of hydrogen-bond donors (Lipinski definition) is 1. The molecule has 2 N–H and O–H groups in total. The van der Waals surface area contributed by atoms with Crippen LogP contribution < -0.4 is 10.6 Å². The first-order chi connectivity index (χ1) is 16.1. The van der Waals surface area contributed by atoms with Gasteiger partial charge in [-0.3, -0.25) is 14.6 Å². The highest BCUT2D eigenvalue weighted by Gasteiger charge is 2.41. The van der Waals surface area contributed by atoms with Crippen LogP contribution in [0.5, 0.6) is 0 Å². The first-order valence-electron chi connectivity index (χ1n) is 11.2. The number of nitriles is 1. The van der Waals surface area contributed by atoms with Gasteiger partial charge in [0.15, 0.2) is 5.78 Å². The van der Waals surface area contributed by atoms with Gasteiger partial charge in [0.05, 0.1) is 30.8 Å². The SMILES string of the molecule is N#CC1=C(N)N(c2cccc(Cl)c2)C2=C(C(=O)CCC2)[C@@H]1c1cc(CN2CCOCC2)cs1. The second kappa shape index (κ2) is 9.32. The van der Waals surface area contributed by atoms with E-state index in [1.165, 1.54) is 5.56 Å². The molecule has 1 aliphatic carbocycles. The molecule has 170 valence electrons. The third-order valence-corrected chi connectivity index (χ3v) is 7.73. The molecule has 1 aromatic heterocycles. The number of hydrogen-bond acceptors (Lipinski definition) is 7. The zero-order chi connectivity index (χ0) is 22.9. The molecule has 0 unspecified atom stereocenters. The van der Waals surface area contributed by atoms with Gasteiger partial charge in [-0.1, -0.05) is 17.7 Å². The van der Waals surface area contributed by atoms with E-state index in [2.05, 4.69) is 22.4 Å². The van der Waals surface area contributed by atoms with Gasteiger partial charge < -0.3 is 10.5 Å². The van der Waals surface area contributed by atoms with Crippen LogP contribution in [0.4, 0.5) is 5.69 Å². The van der Waals surface area contributed by atoms with E-state index >= 15 is 0 Å². The molecule has 3 aliphatic rings. The van der Waals surface area contributed by atoms with Crippen LogP contribution in [0.25, 0.3) is 0 Å². The molecule has 1 atom stereocenters. The summed E-state index contributed by atoms with van der Waals surface area (Å²) in [6.07, 6.45) is 1.99. The van der Waals surface area contributed by atoms with Gasteiger partial charge in [-0.25, -0.2) is 0 Å². The molecule has 3 heterocycles. The number of halogens is 1. The maximum absolute atomic E-state index is 13.2. The summed E-state index contributed by atoms with van der Waals surface area (Å²) >= 11 is 7.85. The van der Waals surface area contributed by atoms with Crippen LogP contribution in [0.1, 0.15) is 35.6 Å². The highest BCUT2D eigenvalue weighted by Crippen LogP contribution is 2.47. The van der Waals surface area contributed by atoms with Gasteiger partial charge in [-0.15, -0.1) is 11.3 Å². The number of rotatable bonds is 4. The summed E-state index contributed by atoms with van der Waals surface area (Å²) in [6, 6.07) is 11.8. The number of morpholine rings is 1. The molecule has 6 nitrogen and oxygen atoms in total. The van der Waals surface area contributed by atoms with Crippen molar-refractivity contribution >= 4 is 34.4 Å². The van der Waals surface area contributed by atoms with Crippen molar-refractivity contribution in [3.8, 4) is 6.07 Å². The molecule has 0 bridgehead atoms. The summed E-state index contributed by atoms with van der Waals surface area (Å²) in [5.74, 6) is 0.0506. The lowest BCUT2D eigenvalue weighted by Crippen LogP contribution is -2.38. The number of nitrogens with zero attached hydrogens (tertiary/aromatic N) is 3. The number of ketones is 1. The van der Waals surface area contributed by atoms with Gasteiger partial charge in [0, 0.05) is 52.9 Å². The average molecular weight is 481 g/mol. The van der Waals surface area contributed by atoms with Crippen molar-refractivity contribution in [3.05, 3.63) is 73.8 Å². The molecule has 1 saturated heterocycles. The molecule has 33 heavy (non-hydrogen) atoms. The summed E-state index contributed by atoms with van der Waals surface area (Å²) in [5, 5.41) is 12.9. The van der Waals surface area contributed by atoms with Crippen LogP contribution in [0, 0.1) is 11.3 Å². The zero-order valence-corrected chi connectivity index (χ0v) is 19.8. The molecule has 1 fully saturated rings. The highest BCUT2D eigenvalue weighted by atomic mass is 35.5. The normalized spacial score (nSPS) is 21.9. The van der Waals surface area contributed by atoms with Crippen molar-refractivity contribution < 1.29 is 9.53 Å². The van der Waals surface area contributed by atoms with Crippen molar-refractivity contribution in [1.29, 1.82) is 5.26 Å². The molecule has 2 aliphatic heterocycles. The van der Waals surface area contributed by atoms with Gasteiger partial charge in [0.1, 0.15) is 5.82 Å². The van der Waals surface area contributed by atoms with Crippen molar-refractivity contribution in [1.82, 2.24) is 4.90 Å². The Bertz CT molecular complexity index is 1190. The summed E-state index contributed by atoms with van der Waals surface area (Å²) in [4.78, 5) is 18.5. The quantitative estimate of drug-likeness (QED) is 0.691. The standard InChI is InChI=1S/C25H25ClN4O2S/c26-17-3-1-4-18(12-17)30-20-5-2-6-21(31)24(20)23(19(13-27)25(30)28)22-11-16(15-33-22)14-29-7-9-32-10-8-29/h1,3-4,11-12,15,23H,2,5-10,14,28H2/t23-/m0/s1. The average Bonchev–Trinajstić information content (AvgIpc) is 3.27. The third kappa shape index (κ3) is 4.20. The van der Waals surface area contributed by atoms with Gasteiger partial charge >= 0.3 is 0 Å². The van der Waals surface area contributed by atoms with Gasteiger partial charge in [0.2, 0.25) is 0 Å². The zero-order valence-electron chi connectivity index (χ0n) is 18.2. The number of ether oxygens (including phenoxy) is 1. The fraction of sp³-hybridized carbons (Fsp3) is 0.360. The Kier molecular flexibility index (Phi) is 6.26. The molecule has 0 spiro atoms. The summed E-state index contributed by atoms with van der Waals surface area (Å²) in [6.45, 7) is 4.16. The number of anilines is 1. The van der Waals surface area contributed by atoms with Crippen LogP contribution in [0.2, 0.25) is 5.02 Å². The fourth-order valence-electron chi connectivity index (χ4n) is 4.93. The van der Waals surface area contributed by atoms with Crippen LogP contribution >= 0.6 is 22.9 Å². The number of carbonyl (C=O) groups is 1. The lowest BCUT2D eigenvalue weighted by Gasteiger charge is -2.39. The minimum Gasteiger partial charge on any atom is -0.384 e. The van der Waals surface area contributed by atoms with Crippen molar-refractivity contribution in [2.45, 2.75) is 31.7 Å². The topological polar surface area (TPSA) is 82.6 Å². The van der Waals surface area contributed by atoms with Gasteiger partial charge in [0.25, 0.3) is 0 Å². The Hall–Kier alpha value is -2.63. The Balaban J connectivity index is 1.57. The van der Waals surface area contributed by atoms with Crippen LogP contribution in [0.15, 0.2) is 58.4 Å². The molecule has 8 heteroatoms. The lowest BCUT2D eigenvalue weighted by molar-refractivity contribution is -0.116. The largest absolute Gasteiger partial charge is 0.384 e. The third-order valence-electron chi connectivity index (χ3n) is 6.45.